The first-order valence-corrected chi connectivity index (χ1v) is 7.17. The summed E-state index contributed by atoms with van der Waals surface area (Å²) in [5.41, 5.74) is 0. The molecule has 0 unspecified atom stereocenters. The van der Waals surface area contributed by atoms with Gasteiger partial charge in [0, 0.05) is 0 Å². The van der Waals surface area contributed by atoms with Crippen LogP contribution in [0.3, 0.4) is 0 Å². The molecule has 0 N–H and O–H groups in total. The van der Waals surface area contributed by atoms with E-state index in [1.807, 2.05) is 0 Å². The van der Waals surface area contributed by atoms with Crippen molar-refractivity contribution in [3.63, 3.8) is 0 Å². The summed E-state index contributed by atoms with van der Waals surface area (Å²) in [7, 11) is 0. The Morgan fingerprint density at radius 2 is 1.75 bits per heavy atom. The Bertz CT molecular complexity index is 131. The van der Waals surface area contributed by atoms with Gasteiger partial charge in [-0.2, -0.15) is 0 Å². The van der Waals surface area contributed by atoms with Gasteiger partial charge in [0.05, 0.1) is 0 Å². The van der Waals surface area contributed by atoms with E-state index < -0.39 is 0 Å². The smallest absolute Gasteiger partial charge is 1.00 e. The van der Waals surface area contributed by atoms with Crippen LogP contribution in [0.5, 0.6) is 0 Å². The van der Waals surface area contributed by atoms with Gasteiger partial charge in [0.2, 0.25) is 0 Å². The zero-order chi connectivity index (χ0) is 7.23. The molecule has 1 rings (SSSR count). The number of hydrogen-bond donors (Lipinski definition) is 0. The molecule has 0 aromatic heterocycles. The quantitative estimate of drug-likeness (QED) is 0.490. The second kappa shape index (κ2) is 10.0. The minimum Gasteiger partial charge on any atom is -1.00 e. The van der Waals surface area contributed by atoms with Gasteiger partial charge in [0.25, 0.3) is 0 Å². The summed E-state index contributed by atoms with van der Waals surface area (Å²) >= 11 is -0.0533. The van der Waals surface area contributed by atoms with Crippen LogP contribution in [0.2, 0.25) is 7.75 Å². The maximum absolute atomic E-state index is 2.36. The average Bonchev–Trinajstić information content (AvgIpc) is 2.41. The van der Waals surface area contributed by atoms with Crippen molar-refractivity contribution < 1.29 is 48.0 Å². The molecule has 68 valence electrons. The fraction of sp³-hybridized carbons (Fsp3) is 0.556. The molecule has 0 spiro atoms. The molecule has 0 heterocycles. The van der Waals surface area contributed by atoms with Gasteiger partial charge >= 0.3 is 75.1 Å². The molecule has 0 atom stereocenters. The van der Waals surface area contributed by atoms with E-state index in [2.05, 4.69) is 31.2 Å². The molecule has 0 aromatic carbocycles. The Labute approximate surface area is 99.3 Å². The number of unbranched alkanes of at least 4 members (excludes halogenated alkanes) is 1. The molecule has 3 heteroatoms. The first kappa shape index (κ1) is 15.4. The predicted octanol–water partition coefficient (Wildman–Crippen LogP) is -2.79. The maximum Gasteiger partial charge on any atom is -1.00 e. The van der Waals surface area contributed by atoms with E-state index >= 15 is 0 Å². The average molecular weight is 284 g/mol. The minimum atomic E-state index is -0.0533. The van der Waals surface area contributed by atoms with Crippen LogP contribution in [-0.2, 0) is 23.2 Å². The molecule has 1 aliphatic carbocycles. The number of halogens is 2. The summed E-state index contributed by atoms with van der Waals surface area (Å²) in [4.78, 5) is 0. The van der Waals surface area contributed by atoms with Gasteiger partial charge in [0.1, 0.15) is 0 Å². The van der Waals surface area contributed by atoms with Crippen molar-refractivity contribution >= 4 is 0 Å². The zero-order valence-corrected chi connectivity index (χ0v) is 11.2. The van der Waals surface area contributed by atoms with E-state index in [-0.39, 0.29) is 48.0 Å². The van der Waals surface area contributed by atoms with E-state index in [0.717, 1.165) is 3.63 Å². The van der Waals surface area contributed by atoms with Crippen molar-refractivity contribution in [2.75, 3.05) is 0 Å². The van der Waals surface area contributed by atoms with Gasteiger partial charge in [-0.25, -0.2) is 0 Å². The normalized spacial score (nSPS) is 13.4. The van der Waals surface area contributed by atoms with E-state index in [0.29, 0.717) is 0 Å². The largest absolute Gasteiger partial charge is 1.00 e. The predicted molar refractivity (Wildman–Crippen MR) is 41.7 cm³/mol. The standard InChI is InChI=1S/C5H5.C4H9.2ClH.Zr/c1-2-4-5-3-1;1-3-4-2;;;/h1-5H;1,3-4H2,2H3;2*1H;/q;;;;+2/p-2. The molecule has 0 amide bonds. The van der Waals surface area contributed by atoms with E-state index in [9.17, 15) is 0 Å². The SMILES string of the molecule is CCC[CH2][Zr+2][CH]1C=CC=C1.[Cl-].[Cl-]. The molecule has 0 saturated heterocycles. The van der Waals surface area contributed by atoms with E-state index in [1.165, 1.54) is 12.8 Å². The Morgan fingerprint density at radius 3 is 2.25 bits per heavy atom. The molecule has 1 aliphatic rings. The Kier molecular flexibility index (Phi) is 12.9. The summed E-state index contributed by atoms with van der Waals surface area (Å²) in [6.45, 7) is 2.28. The van der Waals surface area contributed by atoms with Crippen LogP contribution in [0, 0.1) is 0 Å². The number of allylic oxidation sites excluding steroid dienone is 4. The molecular weight excluding hydrogens is 270 g/mol. The molecule has 0 aromatic rings. The molecule has 0 aliphatic heterocycles. The molecule has 0 saturated carbocycles. The third-order valence-electron chi connectivity index (χ3n) is 1.66. The summed E-state index contributed by atoms with van der Waals surface area (Å²) in [6, 6.07) is 0. The van der Waals surface area contributed by atoms with Crippen LogP contribution in [0.15, 0.2) is 24.3 Å². The third kappa shape index (κ3) is 6.46. The van der Waals surface area contributed by atoms with Gasteiger partial charge in [-0.1, -0.05) is 0 Å². The Hall–Kier alpha value is 0.943. The summed E-state index contributed by atoms with van der Waals surface area (Å²) < 4.78 is 2.48. The number of rotatable bonds is 4. The zero-order valence-electron chi connectivity index (χ0n) is 7.26. The van der Waals surface area contributed by atoms with Crippen LogP contribution in [0.4, 0.5) is 0 Å². The first-order valence-electron chi connectivity index (χ1n) is 4.02. The fourth-order valence-corrected chi connectivity index (χ4v) is 4.42. The fourth-order valence-electron chi connectivity index (χ4n) is 1.01. The van der Waals surface area contributed by atoms with Crippen LogP contribution in [0.1, 0.15) is 19.8 Å². The van der Waals surface area contributed by atoms with Gasteiger partial charge in [0.15, 0.2) is 0 Å². The van der Waals surface area contributed by atoms with Crippen molar-refractivity contribution in [1.29, 1.82) is 0 Å². The van der Waals surface area contributed by atoms with Crippen LogP contribution in [0.25, 0.3) is 0 Å². The molecule has 0 fully saturated rings. The second-order valence-corrected chi connectivity index (χ2v) is 6.47. The van der Waals surface area contributed by atoms with Crippen LogP contribution in [-0.4, -0.2) is 0 Å². The van der Waals surface area contributed by atoms with Gasteiger partial charge in [-0.05, 0) is 0 Å². The van der Waals surface area contributed by atoms with Crippen molar-refractivity contribution in [3.8, 4) is 0 Å². The summed E-state index contributed by atoms with van der Waals surface area (Å²) in [5, 5.41) is 0. The monoisotopic (exact) mass is 282 g/mol. The van der Waals surface area contributed by atoms with Gasteiger partial charge in [-0.3, -0.25) is 0 Å². The van der Waals surface area contributed by atoms with Crippen LogP contribution >= 0.6 is 0 Å². The second-order valence-electron chi connectivity index (χ2n) is 2.60. The number of hydrogen-bond acceptors (Lipinski definition) is 0. The summed E-state index contributed by atoms with van der Waals surface area (Å²) in [5.74, 6) is 0. The summed E-state index contributed by atoms with van der Waals surface area (Å²) in [6.07, 6.45) is 11.9. The van der Waals surface area contributed by atoms with Crippen molar-refractivity contribution in [1.82, 2.24) is 0 Å². The van der Waals surface area contributed by atoms with Gasteiger partial charge < -0.3 is 24.8 Å². The third-order valence-corrected chi connectivity index (χ3v) is 5.34. The van der Waals surface area contributed by atoms with Crippen molar-refractivity contribution in [3.05, 3.63) is 24.3 Å². The van der Waals surface area contributed by atoms with E-state index in [4.69, 9.17) is 0 Å². The van der Waals surface area contributed by atoms with Crippen molar-refractivity contribution in [2.45, 2.75) is 27.5 Å². The minimum absolute atomic E-state index is 0. The molecular formula is C9H14Cl2Zr. The first-order chi connectivity index (χ1) is 4.93. The van der Waals surface area contributed by atoms with Crippen molar-refractivity contribution in [2.24, 2.45) is 0 Å². The van der Waals surface area contributed by atoms with Gasteiger partial charge in [-0.15, -0.1) is 0 Å². The molecule has 0 radical (unpaired) electrons. The van der Waals surface area contributed by atoms with Crippen LogP contribution < -0.4 is 24.8 Å². The molecule has 0 bridgehead atoms. The molecule has 12 heavy (non-hydrogen) atoms. The van der Waals surface area contributed by atoms with E-state index in [1.54, 1.807) is 4.13 Å². The topological polar surface area (TPSA) is 0 Å². The Morgan fingerprint density at radius 1 is 1.17 bits per heavy atom. The molecule has 0 nitrogen and oxygen atoms in total. The Balaban J connectivity index is 0. The maximum atomic E-state index is 2.36.